The van der Waals surface area contributed by atoms with E-state index < -0.39 is 0 Å². The van der Waals surface area contributed by atoms with Crippen LogP contribution >= 0.6 is 0 Å². The van der Waals surface area contributed by atoms with Crippen molar-refractivity contribution in [3.8, 4) is 5.75 Å². The van der Waals surface area contributed by atoms with Crippen molar-refractivity contribution < 1.29 is 9.84 Å². The van der Waals surface area contributed by atoms with Gasteiger partial charge in [0, 0.05) is 19.5 Å². The van der Waals surface area contributed by atoms with E-state index >= 15 is 0 Å². The molecular formula is C25H33NO2. The number of benzene rings is 2. The Morgan fingerprint density at radius 1 is 1.04 bits per heavy atom. The van der Waals surface area contributed by atoms with Crippen molar-refractivity contribution in [2.24, 2.45) is 5.41 Å². The summed E-state index contributed by atoms with van der Waals surface area (Å²) in [5.41, 5.74) is 1.91. The highest BCUT2D eigenvalue weighted by atomic mass is 16.5. The molecule has 2 aromatic rings. The third kappa shape index (κ3) is 4.70. The minimum absolute atomic E-state index is 0.231. The van der Waals surface area contributed by atoms with Gasteiger partial charge in [-0.25, -0.2) is 0 Å². The second kappa shape index (κ2) is 8.57. The molecular weight excluding hydrogens is 346 g/mol. The largest absolute Gasteiger partial charge is 0.513 e. The maximum absolute atomic E-state index is 9.14. The van der Waals surface area contributed by atoms with Gasteiger partial charge in [-0.3, -0.25) is 0 Å². The lowest BCUT2D eigenvalue weighted by Gasteiger charge is -2.37. The van der Waals surface area contributed by atoms with E-state index in [9.17, 15) is 0 Å². The van der Waals surface area contributed by atoms with Crippen molar-refractivity contribution >= 4 is 10.8 Å². The molecule has 3 nitrogen and oxygen atoms in total. The minimum Gasteiger partial charge on any atom is -0.513 e. The van der Waals surface area contributed by atoms with Gasteiger partial charge in [-0.15, -0.1) is 0 Å². The lowest BCUT2D eigenvalue weighted by molar-refractivity contribution is 0.0825. The first-order chi connectivity index (χ1) is 13.6. The molecule has 1 spiro atoms. The van der Waals surface area contributed by atoms with E-state index in [-0.39, 0.29) is 5.76 Å². The number of nitrogens with one attached hydrogen (secondary N) is 1. The van der Waals surface area contributed by atoms with Crippen molar-refractivity contribution in [1.82, 2.24) is 5.32 Å². The first-order valence-electron chi connectivity index (χ1n) is 10.9. The van der Waals surface area contributed by atoms with E-state index in [0.717, 1.165) is 18.8 Å². The third-order valence-corrected chi connectivity index (χ3v) is 6.76. The second-order valence-electron chi connectivity index (χ2n) is 8.86. The van der Waals surface area contributed by atoms with Crippen LogP contribution in [-0.2, 0) is 6.54 Å². The molecule has 0 aliphatic heterocycles. The molecule has 2 fully saturated rings. The van der Waals surface area contributed by atoms with Gasteiger partial charge in [-0.05, 0) is 78.5 Å². The van der Waals surface area contributed by atoms with Gasteiger partial charge in [0.05, 0.1) is 11.9 Å². The summed E-state index contributed by atoms with van der Waals surface area (Å²) < 4.78 is 6.35. The van der Waals surface area contributed by atoms with Crippen LogP contribution in [-0.4, -0.2) is 17.8 Å². The molecule has 28 heavy (non-hydrogen) atoms. The highest BCUT2D eigenvalue weighted by molar-refractivity contribution is 5.84. The molecule has 2 N–H and O–H groups in total. The Labute approximate surface area is 168 Å². The monoisotopic (exact) mass is 379 g/mol. The highest BCUT2D eigenvalue weighted by Gasteiger charge is 2.38. The van der Waals surface area contributed by atoms with Crippen LogP contribution in [0.5, 0.6) is 5.75 Å². The van der Waals surface area contributed by atoms with Crippen molar-refractivity contribution in [1.29, 1.82) is 0 Å². The van der Waals surface area contributed by atoms with Gasteiger partial charge in [0.2, 0.25) is 0 Å². The zero-order valence-electron chi connectivity index (χ0n) is 16.9. The molecule has 150 valence electrons. The maximum Gasteiger partial charge on any atom is 0.120 e. The molecule has 0 aromatic heterocycles. The van der Waals surface area contributed by atoms with E-state index in [2.05, 4.69) is 48.3 Å². The van der Waals surface area contributed by atoms with Crippen LogP contribution in [0.1, 0.15) is 63.4 Å². The van der Waals surface area contributed by atoms with Crippen LogP contribution in [0.25, 0.3) is 10.8 Å². The number of aliphatic hydroxyl groups is 1. The SMILES string of the molecule is C=C(O)CCNCc1ccc2cc(OC3CCC4(CCCC4)CC3)ccc2c1. The van der Waals surface area contributed by atoms with Gasteiger partial charge < -0.3 is 15.2 Å². The molecule has 0 amide bonds. The van der Waals surface area contributed by atoms with Gasteiger partial charge in [0.25, 0.3) is 0 Å². The summed E-state index contributed by atoms with van der Waals surface area (Å²) in [5.74, 6) is 1.24. The third-order valence-electron chi connectivity index (χ3n) is 6.76. The van der Waals surface area contributed by atoms with Crippen molar-refractivity contribution in [2.45, 2.75) is 70.4 Å². The van der Waals surface area contributed by atoms with Crippen LogP contribution in [0.4, 0.5) is 0 Å². The second-order valence-corrected chi connectivity index (χ2v) is 8.86. The molecule has 2 aliphatic rings. The van der Waals surface area contributed by atoms with Crippen LogP contribution in [0.3, 0.4) is 0 Å². The average molecular weight is 380 g/mol. The zero-order valence-corrected chi connectivity index (χ0v) is 16.9. The van der Waals surface area contributed by atoms with E-state index in [1.54, 1.807) is 0 Å². The summed E-state index contributed by atoms with van der Waals surface area (Å²) in [6.07, 6.45) is 11.9. The molecule has 0 atom stereocenters. The van der Waals surface area contributed by atoms with E-state index in [4.69, 9.17) is 9.84 Å². The molecule has 0 heterocycles. The van der Waals surface area contributed by atoms with Gasteiger partial charge in [0.15, 0.2) is 0 Å². The molecule has 0 unspecified atom stereocenters. The Balaban J connectivity index is 1.33. The van der Waals surface area contributed by atoms with Gasteiger partial charge in [0.1, 0.15) is 5.75 Å². The average Bonchev–Trinajstić information content (AvgIpc) is 3.15. The highest BCUT2D eigenvalue weighted by Crippen LogP contribution is 2.49. The Kier molecular flexibility index (Phi) is 5.91. The lowest BCUT2D eigenvalue weighted by Crippen LogP contribution is -2.30. The summed E-state index contributed by atoms with van der Waals surface area (Å²) in [7, 11) is 0. The topological polar surface area (TPSA) is 41.5 Å². The minimum atomic E-state index is 0.231. The number of hydrogen-bond donors (Lipinski definition) is 2. The van der Waals surface area contributed by atoms with Crippen molar-refractivity contribution in [3.63, 3.8) is 0 Å². The summed E-state index contributed by atoms with van der Waals surface area (Å²) >= 11 is 0. The number of aliphatic hydroxyl groups excluding tert-OH is 1. The molecule has 2 aromatic carbocycles. The maximum atomic E-state index is 9.14. The number of ether oxygens (including phenoxy) is 1. The predicted octanol–water partition coefficient (Wildman–Crippen LogP) is 6.27. The van der Waals surface area contributed by atoms with Gasteiger partial charge in [-0.1, -0.05) is 37.6 Å². The number of hydrogen-bond acceptors (Lipinski definition) is 3. The normalized spacial score (nSPS) is 19.3. The fourth-order valence-corrected chi connectivity index (χ4v) is 5.06. The fourth-order valence-electron chi connectivity index (χ4n) is 5.06. The lowest BCUT2D eigenvalue weighted by atomic mass is 9.72. The van der Waals surface area contributed by atoms with E-state index in [0.29, 0.717) is 17.9 Å². The first-order valence-corrected chi connectivity index (χ1v) is 10.9. The van der Waals surface area contributed by atoms with Gasteiger partial charge in [-0.2, -0.15) is 0 Å². The number of rotatable bonds is 7. The summed E-state index contributed by atoms with van der Waals surface area (Å²) in [4.78, 5) is 0. The molecule has 2 saturated carbocycles. The predicted molar refractivity (Wildman–Crippen MR) is 116 cm³/mol. The first kappa shape index (κ1) is 19.3. The van der Waals surface area contributed by atoms with E-state index in [1.807, 2.05) is 0 Å². The summed E-state index contributed by atoms with van der Waals surface area (Å²) in [6.45, 7) is 5.05. The van der Waals surface area contributed by atoms with Crippen LogP contribution < -0.4 is 10.1 Å². The standard InChI is InChI=1S/C25H33NO2/c1-19(27)10-15-26-18-20-4-5-22-17-24(7-6-21(22)16-20)28-23-8-13-25(14-9-23)11-2-3-12-25/h4-7,16-17,23,26-27H,1-3,8-15,18H2. The smallest absolute Gasteiger partial charge is 0.120 e. The van der Waals surface area contributed by atoms with Crippen molar-refractivity contribution in [3.05, 3.63) is 54.3 Å². The van der Waals surface area contributed by atoms with Gasteiger partial charge >= 0.3 is 0 Å². The van der Waals surface area contributed by atoms with Crippen molar-refractivity contribution in [2.75, 3.05) is 6.54 Å². The van der Waals surface area contributed by atoms with Crippen LogP contribution in [0.15, 0.2) is 48.7 Å². The van der Waals surface area contributed by atoms with E-state index in [1.165, 1.54) is 67.7 Å². The Hall–Kier alpha value is -2.00. The molecule has 4 rings (SSSR count). The number of fused-ring (bicyclic) bond motifs is 1. The Morgan fingerprint density at radius 2 is 1.75 bits per heavy atom. The molecule has 0 saturated heterocycles. The van der Waals surface area contributed by atoms with Crippen LogP contribution in [0.2, 0.25) is 0 Å². The quantitative estimate of drug-likeness (QED) is 0.440. The molecule has 3 heteroatoms. The zero-order chi connectivity index (χ0) is 19.4. The summed E-state index contributed by atoms with van der Waals surface area (Å²) in [6, 6.07) is 13.0. The molecule has 0 bridgehead atoms. The van der Waals surface area contributed by atoms with Crippen LogP contribution in [0, 0.1) is 5.41 Å². The molecule has 0 radical (unpaired) electrons. The Bertz CT molecular complexity index is 812. The summed E-state index contributed by atoms with van der Waals surface area (Å²) in [5, 5.41) is 15.0. The Morgan fingerprint density at radius 3 is 2.50 bits per heavy atom. The molecule has 2 aliphatic carbocycles. The fraction of sp³-hybridized carbons (Fsp3) is 0.520.